The van der Waals surface area contributed by atoms with Gasteiger partial charge in [0, 0.05) is 17.6 Å². The highest BCUT2D eigenvalue weighted by Crippen LogP contribution is 2.37. The van der Waals surface area contributed by atoms with Crippen LogP contribution in [0.4, 0.5) is 13.2 Å². The van der Waals surface area contributed by atoms with E-state index >= 15 is 0 Å². The van der Waals surface area contributed by atoms with Gasteiger partial charge >= 0.3 is 6.18 Å². The van der Waals surface area contributed by atoms with Crippen molar-refractivity contribution < 1.29 is 21.6 Å². The summed E-state index contributed by atoms with van der Waals surface area (Å²) in [6.07, 6.45) is -3.15. The minimum atomic E-state index is -4.51. The average Bonchev–Trinajstić information content (AvgIpc) is 2.77. The molecule has 4 nitrogen and oxygen atoms in total. The van der Waals surface area contributed by atoms with E-state index in [0.717, 1.165) is 11.6 Å². The number of sulfonamides is 1. The molecule has 4 rings (SSSR count). The molecular formula is C25H21F3N2O2S. The van der Waals surface area contributed by atoms with Gasteiger partial charge in [-0.1, -0.05) is 42.5 Å². The minimum absolute atomic E-state index is 0.110. The number of rotatable bonds is 5. The van der Waals surface area contributed by atoms with E-state index in [1.165, 1.54) is 18.3 Å². The van der Waals surface area contributed by atoms with Crippen molar-refractivity contribution in [3.8, 4) is 22.3 Å². The Balaban J connectivity index is 1.81. The third kappa shape index (κ3) is 4.77. The molecule has 0 spiro atoms. The first-order valence-corrected chi connectivity index (χ1v) is 11.7. The van der Waals surface area contributed by atoms with Gasteiger partial charge in [0.15, 0.2) is 0 Å². The maximum atomic E-state index is 13.5. The van der Waals surface area contributed by atoms with Crippen LogP contribution in [0, 0.1) is 0 Å². The van der Waals surface area contributed by atoms with Gasteiger partial charge in [0.2, 0.25) is 10.0 Å². The largest absolute Gasteiger partial charge is 0.418 e. The Bertz CT molecular complexity index is 1430. The number of fused-ring (bicyclic) bond motifs is 1. The Morgan fingerprint density at radius 2 is 1.48 bits per heavy atom. The molecule has 0 saturated heterocycles. The van der Waals surface area contributed by atoms with Crippen molar-refractivity contribution in [2.45, 2.75) is 31.0 Å². The molecule has 0 bridgehead atoms. The molecule has 1 N–H and O–H groups in total. The van der Waals surface area contributed by atoms with Gasteiger partial charge in [-0.3, -0.25) is 4.98 Å². The summed E-state index contributed by atoms with van der Waals surface area (Å²) in [6, 6.07) is 19.2. The van der Waals surface area contributed by atoms with Gasteiger partial charge in [-0.2, -0.15) is 13.2 Å². The molecule has 1 heterocycles. The van der Waals surface area contributed by atoms with Crippen LogP contribution in [0.25, 0.3) is 33.2 Å². The summed E-state index contributed by atoms with van der Waals surface area (Å²) < 4.78 is 68.1. The summed E-state index contributed by atoms with van der Waals surface area (Å²) >= 11 is 0. The lowest BCUT2D eigenvalue weighted by atomic mass is 9.96. The van der Waals surface area contributed by atoms with Crippen molar-refractivity contribution in [2.24, 2.45) is 0 Å². The van der Waals surface area contributed by atoms with E-state index in [-0.39, 0.29) is 16.5 Å². The summed E-state index contributed by atoms with van der Waals surface area (Å²) in [5.41, 5.74) is 1.84. The Morgan fingerprint density at radius 1 is 0.848 bits per heavy atom. The zero-order chi connectivity index (χ0) is 23.8. The highest BCUT2D eigenvalue weighted by molar-refractivity contribution is 7.89. The second-order valence-electron chi connectivity index (χ2n) is 7.94. The van der Waals surface area contributed by atoms with Crippen LogP contribution in [0.5, 0.6) is 0 Å². The first-order chi connectivity index (χ1) is 15.6. The van der Waals surface area contributed by atoms with Gasteiger partial charge in [-0.15, -0.1) is 0 Å². The SMILES string of the molecule is CC(C)NS(=O)(=O)c1cccc(-c2cccc(-c3ccnc4c(C(F)(F)F)cccc34)c2)c1. The van der Waals surface area contributed by atoms with Crippen LogP contribution in [0.15, 0.2) is 83.9 Å². The third-order valence-corrected chi connectivity index (χ3v) is 6.77. The predicted molar refractivity (Wildman–Crippen MR) is 123 cm³/mol. The molecule has 0 aliphatic rings. The van der Waals surface area contributed by atoms with Crippen LogP contribution in [-0.2, 0) is 16.2 Å². The van der Waals surface area contributed by atoms with Crippen molar-refractivity contribution in [2.75, 3.05) is 0 Å². The van der Waals surface area contributed by atoms with E-state index in [4.69, 9.17) is 0 Å². The van der Waals surface area contributed by atoms with Crippen molar-refractivity contribution >= 4 is 20.9 Å². The lowest BCUT2D eigenvalue weighted by Gasteiger charge is -2.13. The molecule has 0 fully saturated rings. The van der Waals surface area contributed by atoms with Gasteiger partial charge in [0.1, 0.15) is 0 Å². The maximum Gasteiger partial charge on any atom is 0.418 e. The number of nitrogens with one attached hydrogen (secondary N) is 1. The van der Waals surface area contributed by atoms with Crippen LogP contribution >= 0.6 is 0 Å². The number of halogens is 3. The van der Waals surface area contributed by atoms with Gasteiger partial charge in [0.25, 0.3) is 0 Å². The summed E-state index contributed by atoms with van der Waals surface area (Å²) in [5.74, 6) is 0. The van der Waals surface area contributed by atoms with Crippen molar-refractivity contribution in [1.29, 1.82) is 0 Å². The molecule has 0 aliphatic heterocycles. The van der Waals surface area contributed by atoms with Crippen molar-refractivity contribution in [3.05, 3.63) is 84.6 Å². The van der Waals surface area contributed by atoms with E-state index in [2.05, 4.69) is 9.71 Å². The van der Waals surface area contributed by atoms with Crippen LogP contribution in [0.2, 0.25) is 0 Å². The number of pyridine rings is 1. The fourth-order valence-corrected chi connectivity index (χ4v) is 5.04. The second-order valence-corrected chi connectivity index (χ2v) is 9.66. The molecule has 0 aliphatic carbocycles. The summed E-state index contributed by atoms with van der Waals surface area (Å²) in [5, 5.41) is 0.391. The number of para-hydroxylation sites is 1. The van der Waals surface area contributed by atoms with Gasteiger partial charge < -0.3 is 0 Å². The van der Waals surface area contributed by atoms with E-state index in [1.54, 1.807) is 56.3 Å². The van der Waals surface area contributed by atoms with E-state index < -0.39 is 21.8 Å². The molecule has 3 aromatic carbocycles. The number of benzene rings is 3. The molecule has 0 atom stereocenters. The topological polar surface area (TPSA) is 59.1 Å². The normalized spacial score (nSPS) is 12.4. The summed E-state index contributed by atoms with van der Waals surface area (Å²) in [6.45, 7) is 3.49. The van der Waals surface area contributed by atoms with Gasteiger partial charge in [-0.25, -0.2) is 13.1 Å². The fraction of sp³-hybridized carbons (Fsp3) is 0.160. The summed E-state index contributed by atoms with van der Waals surface area (Å²) in [7, 11) is -3.66. The summed E-state index contributed by atoms with van der Waals surface area (Å²) in [4.78, 5) is 4.12. The van der Waals surface area contributed by atoms with Crippen LogP contribution in [-0.4, -0.2) is 19.4 Å². The molecule has 0 amide bonds. The monoisotopic (exact) mass is 470 g/mol. The van der Waals surface area contributed by atoms with E-state index in [1.807, 2.05) is 12.1 Å². The molecule has 8 heteroatoms. The molecule has 33 heavy (non-hydrogen) atoms. The molecule has 0 unspecified atom stereocenters. The Kier molecular flexibility index (Phi) is 5.99. The zero-order valence-electron chi connectivity index (χ0n) is 17.9. The average molecular weight is 471 g/mol. The molecule has 4 aromatic rings. The first-order valence-electron chi connectivity index (χ1n) is 10.2. The van der Waals surface area contributed by atoms with E-state index in [0.29, 0.717) is 22.1 Å². The van der Waals surface area contributed by atoms with Crippen LogP contribution < -0.4 is 4.72 Å². The number of alkyl halides is 3. The zero-order valence-corrected chi connectivity index (χ0v) is 18.7. The maximum absolute atomic E-state index is 13.5. The fourth-order valence-electron chi connectivity index (χ4n) is 3.74. The molecule has 0 saturated carbocycles. The van der Waals surface area contributed by atoms with Gasteiger partial charge in [-0.05, 0) is 66.4 Å². The minimum Gasteiger partial charge on any atom is -0.256 e. The molecular weight excluding hydrogens is 449 g/mol. The Morgan fingerprint density at radius 3 is 2.18 bits per heavy atom. The third-order valence-electron chi connectivity index (χ3n) is 5.12. The lowest BCUT2D eigenvalue weighted by Crippen LogP contribution is -2.30. The Hall–Kier alpha value is -3.23. The molecule has 1 aromatic heterocycles. The highest BCUT2D eigenvalue weighted by Gasteiger charge is 2.33. The van der Waals surface area contributed by atoms with Crippen molar-refractivity contribution in [3.63, 3.8) is 0 Å². The molecule has 170 valence electrons. The quantitative estimate of drug-likeness (QED) is 0.374. The second kappa shape index (κ2) is 8.61. The standard InChI is InChI=1S/C25H21F3N2O2S/c1-16(2)30-33(31,32)20-9-4-7-18(15-20)17-6-3-8-19(14-17)21-12-13-29-24-22(21)10-5-11-23(24)25(26,27)28/h3-16,30H,1-2H3. The number of nitrogens with zero attached hydrogens (tertiary/aromatic N) is 1. The number of hydrogen-bond acceptors (Lipinski definition) is 3. The predicted octanol–water partition coefficient (Wildman–Crippen LogP) is 6.27. The van der Waals surface area contributed by atoms with Gasteiger partial charge in [0.05, 0.1) is 16.0 Å². The smallest absolute Gasteiger partial charge is 0.256 e. The van der Waals surface area contributed by atoms with E-state index in [9.17, 15) is 21.6 Å². The first kappa shape index (κ1) is 22.9. The van der Waals surface area contributed by atoms with Crippen LogP contribution in [0.3, 0.4) is 0 Å². The lowest BCUT2D eigenvalue weighted by molar-refractivity contribution is -0.136. The molecule has 0 radical (unpaired) electrons. The number of aromatic nitrogens is 1. The van der Waals surface area contributed by atoms with Crippen molar-refractivity contribution in [1.82, 2.24) is 9.71 Å². The Labute approximate surface area is 190 Å². The number of hydrogen-bond donors (Lipinski definition) is 1. The highest BCUT2D eigenvalue weighted by atomic mass is 32.2. The van der Waals surface area contributed by atoms with Crippen LogP contribution in [0.1, 0.15) is 19.4 Å².